The van der Waals surface area contributed by atoms with Crippen molar-refractivity contribution in [3.63, 3.8) is 0 Å². The summed E-state index contributed by atoms with van der Waals surface area (Å²) in [4.78, 5) is 19.2. The Hall–Kier alpha value is -1.69. The molecule has 0 bridgehead atoms. The van der Waals surface area contributed by atoms with E-state index in [1.54, 1.807) is 16.0 Å². The van der Waals surface area contributed by atoms with E-state index in [2.05, 4.69) is 17.4 Å². The first-order chi connectivity index (χ1) is 11.2. The molecule has 3 rings (SSSR count). The number of thiazole rings is 1. The molecule has 1 fully saturated rings. The number of nitrogens with zero attached hydrogens (tertiary/aromatic N) is 4. The van der Waals surface area contributed by atoms with Gasteiger partial charge in [-0.2, -0.15) is 5.10 Å². The summed E-state index contributed by atoms with van der Waals surface area (Å²) in [5.41, 5.74) is 2.30. The van der Waals surface area contributed by atoms with Crippen molar-refractivity contribution in [3.8, 4) is 0 Å². The first-order valence-corrected chi connectivity index (χ1v) is 9.23. The van der Waals surface area contributed by atoms with Crippen molar-refractivity contribution >= 4 is 17.2 Å². The normalized spacial score (nSPS) is 18.3. The fourth-order valence-electron chi connectivity index (χ4n) is 3.09. The van der Waals surface area contributed by atoms with Gasteiger partial charge in [-0.3, -0.25) is 9.48 Å². The highest BCUT2D eigenvalue weighted by Gasteiger charge is 2.26. The molecular formula is C17H24N4OS. The smallest absolute Gasteiger partial charge is 0.222 e. The van der Waals surface area contributed by atoms with Crippen molar-refractivity contribution in [2.24, 2.45) is 7.05 Å². The molecule has 0 spiro atoms. The van der Waals surface area contributed by atoms with E-state index in [-0.39, 0.29) is 5.91 Å². The first-order valence-electron chi connectivity index (χ1n) is 8.35. The average molecular weight is 332 g/mol. The Kier molecular flexibility index (Phi) is 5.10. The number of carbonyl (C=O) groups excluding carboxylic acids is 1. The Balaban J connectivity index is 1.55. The monoisotopic (exact) mass is 332 g/mol. The van der Waals surface area contributed by atoms with Gasteiger partial charge in [0.25, 0.3) is 0 Å². The molecule has 0 aromatic carbocycles. The Morgan fingerprint density at radius 2 is 2.35 bits per heavy atom. The van der Waals surface area contributed by atoms with Crippen molar-refractivity contribution in [1.82, 2.24) is 19.7 Å². The molecule has 1 unspecified atom stereocenters. The van der Waals surface area contributed by atoms with Crippen LogP contribution in [0.2, 0.25) is 0 Å². The van der Waals surface area contributed by atoms with Gasteiger partial charge in [0.05, 0.1) is 16.9 Å². The second-order valence-electron chi connectivity index (χ2n) is 6.23. The predicted molar refractivity (Wildman–Crippen MR) is 91.6 cm³/mol. The lowest BCUT2D eigenvalue weighted by molar-refractivity contribution is -0.132. The zero-order valence-corrected chi connectivity index (χ0v) is 14.7. The molecule has 1 aliphatic heterocycles. The molecule has 124 valence electrons. The Bertz CT molecular complexity index is 663. The molecular weight excluding hydrogens is 308 g/mol. The summed E-state index contributed by atoms with van der Waals surface area (Å²) in [7, 11) is 1.90. The highest BCUT2D eigenvalue weighted by Crippen LogP contribution is 2.29. The number of likely N-dealkylation sites (tertiary alicyclic amines) is 1. The second kappa shape index (κ2) is 7.25. The van der Waals surface area contributed by atoms with Gasteiger partial charge in [0.2, 0.25) is 5.91 Å². The minimum absolute atomic E-state index is 0.255. The van der Waals surface area contributed by atoms with E-state index in [9.17, 15) is 4.79 Å². The molecule has 1 amide bonds. The molecule has 2 aromatic heterocycles. The number of piperidine rings is 1. The van der Waals surface area contributed by atoms with Gasteiger partial charge in [-0.15, -0.1) is 11.3 Å². The SMILES string of the molecule is CCc1csc(C2CCCN(C(=O)CCc3cnn(C)c3)C2)n1. The van der Waals surface area contributed by atoms with Crippen LogP contribution in [0.3, 0.4) is 0 Å². The summed E-state index contributed by atoms with van der Waals surface area (Å²) in [5, 5.41) is 7.51. The van der Waals surface area contributed by atoms with Crippen molar-refractivity contribution in [1.29, 1.82) is 0 Å². The average Bonchev–Trinajstić information content (AvgIpc) is 3.21. The molecule has 5 nitrogen and oxygen atoms in total. The van der Waals surface area contributed by atoms with E-state index in [0.29, 0.717) is 12.3 Å². The number of hydrogen-bond acceptors (Lipinski definition) is 4. The van der Waals surface area contributed by atoms with Gasteiger partial charge in [0.15, 0.2) is 0 Å². The highest BCUT2D eigenvalue weighted by atomic mass is 32.1. The van der Waals surface area contributed by atoms with Crippen molar-refractivity contribution in [3.05, 3.63) is 34.0 Å². The molecule has 1 saturated heterocycles. The van der Waals surface area contributed by atoms with E-state index in [1.807, 2.05) is 24.3 Å². The van der Waals surface area contributed by atoms with Crippen LogP contribution in [0.5, 0.6) is 0 Å². The van der Waals surface area contributed by atoms with Crippen molar-refractivity contribution < 1.29 is 4.79 Å². The largest absolute Gasteiger partial charge is 0.342 e. The number of aryl methyl sites for hydroxylation is 3. The molecule has 0 radical (unpaired) electrons. The van der Waals surface area contributed by atoms with Crippen LogP contribution in [0.15, 0.2) is 17.8 Å². The fourth-order valence-corrected chi connectivity index (χ4v) is 4.12. The van der Waals surface area contributed by atoms with Crippen molar-refractivity contribution in [2.45, 2.75) is 44.9 Å². The molecule has 2 aromatic rings. The predicted octanol–water partition coefficient (Wildman–Crippen LogP) is 2.78. The zero-order valence-electron chi connectivity index (χ0n) is 13.9. The maximum absolute atomic E-state index is 12.5. The van der Waals surface area contributed by atoms with Gasteiger partial charge in [-0.05, 0) is 31.2 Å². The number of carbonyl (C=O) groups is 1. The summed E-state index contributed by atoms with van der Waals surface area (Å²) in [6.07, 6.45) is 8.36. The highest BCUT2D eigenvalue weighted by molar-refractivity contribution is 7.09. The molecule has 0 aliphatic carbocycles. The van der Waals surface area contributed by atoms with Gasteiger partial charge in [-0.1, -0.05) is 6.92 Å². The third-order valence-electron chi connectivity index (χ3n) is 4.44. The van der Waals surface area contributed by atoms with E-state index in [1.165, 1.54) is 10.7 Å². The van der Waals surface area contributed by atoms with Crippen LogP contribution < -0.4 is 0 Å². The maximum atomic E-state index is 12.5. The van der Waals surface area contributed by atoms with Crippen LogP contribution in [0.25, 0.3) is 0 Å². The maximum Gasteiger partial charge on any atom is 0.222 e. The number of hydrogen-bond donors (Lipinski definition) is 0. The third kappa shape index (κ3) is 3.99. The van der Waals surface area contributed by atoms with Gasteiger partial charge in [-0.25, -0.2) is 4.98 Å². The number of rotatable bonds is 5. The zero-order chi connectivity index (χ0) is 16.2. The third-order valence-corrected chi connectivity index (χ3v) is 5.50. The fraction of sp³-hybridized carbons (Fsp3) is 0.588. The van der Waals surface area contributed by atoms with E-state index in [0.717, 1.165) is 44.3 Å². The standard InChI is InChI=1S/C17H24N4OS/c1-3-15-12-23-17(19-15)14-5-4-8-21(11-14)16(22)7-6-13-9-18-20(2)10-13/h9-10,12,14H,3-8,11H2,1-2H3. The Morgan fingerprint density at radius 3 is 3.04 bits per heavy atom. The lowest BCUT2D eigenvalue weighted by atomic mass is 9.98. The topological polar surface area (TPSA) is 51.0 Å². The lowest BCUT2D eigenvalue weighted by Crippen LogP contribution is -2.39. The van der Waals surface area contributed by atoms with Crippen LogP contribution in [0.1, 0.15) is 48.4 Å². The summed E-state index contributed by atoms with van der Waals surface area (Å²) < 4.78 is 1.78. The van der Waals surface area contributed by atoms with Crippen LogP contribution in [-0.2, 0) is 24.7 Å². The molecule has 23 heavy (non-hydrogen) atoms. The van der Waals surface area contributed by atoms with Crippen molar-refractivity contribution in [2.75, 3.05) is 13.1 Å². The molecule has 0 N–H and O–H groups in total. The summed E-state index contributed by atoms with van der Waals surface area (Å²) in [6.45, 7) is 3.84. The lowest BCUT2D eigenvalue weighted by Gasteiger charge is -2.32. The van der Waals surface area contributed by atoms with E-state index < -0.39 is 0 Å². The minimum atomic E-state index is 0.255. The Labute approximate surface area is 141 Å². The minimum Gasteiger partial charge on any atom is -0.342 e. The Morgan fingerprint density at radius 1 is 1.48 bits per heavy atom. The summed E-state index contributed by atoms with van der Waals surface area (Å²) >= 11 is 1.75. The molecule has 6 heteroatoms. The summed E-state index contributed by atoms with van der Waals surface area (Å²) in [5.74, 6) is 0.669. The van der Waals surface area contributed by atoms with Crippen LogP contribution in [0.4, 0.5) is 0 Å². The van der Waals surface area contributed by atoms with Crippen LogP contribution >= 0.6 is 11.3 Å². The van der Waals surface area contributed by atoms with Crippen LogP contribution in [-0.4, -0.2) is 38.7 Å². The molecule has 3 heterocycles. The molecule has 1 aliphatic rings. The molecule has 1 atom stereocenters. The number of aromatic nitrogens is 3. The second-order valence-corrected chi connectivity index (χ2v) is 7.12. The van der Waals surface area contributed by atoms with E-state index >= 15 is 0 Å². The summed E-state index contributed by atoms with van der Waals surface area (Å²) in [6, 6.07) is 0. The molecule has 0 saturated carbocycles. The van der Waals surface area contributed by atoms with Gasteiger partial charge in [0.1, 0.15) is 0 Å². The quantitative estimate of drug-likeness (QED) is 0.846. The van der Waals surface area contributed by atoms with Gasteiger partial charge >= 0.3 is 0 Å². The van der Waals surface area contributed by atoms with Gasteiger partial charge in [0, 0.05) is 44.1 Å². The number of amides is 1. The van der Waals surface area contributed by atoms with Gasteiger partial charge < -0.3 is 4.90 Å². The van der Waals surface area contributed by atoms with E-state index in [4.69, 9.17) is 4.98 Å². The van der Waals surface area contributed by atoms with Crippen LogP contribution in [0, 0.1) is 0 Å². The first kappa shape index (κ1) is 16.2.